The van der Waals surface area contributed by atoms with Crippen LogP contribution >= 0.6 is 0 Å². The highest BCUT2D eigenvalue weighted by Crippen LogP contribution is 2.39. The van der Waals surface area contributed by atoms with Gasteiger partial charge in [-0.05, 0) is 31.4 Å². The molecule has 28 heavy (non-hydrogen) atoms. The van der Waals surface area contributed by atoms with Crippen molar-refractivity contribution in [1.82, 2.24) is 19.8 Å². The van der Waals surface area contributed by atoms with Gasteiger partial charge in [0.05, 0.1) is 11.9 Å². The summed E-state index contributed by atoms with van der Waals surface area (Å²) in [4.78, 5) is 36.3. The van der Waals surface area contributed by atoms with E-state index in [1.54, 1.807) is 36.8 Å². The zero-order valence-corrected chi connectivity index (χ0v) is 15.9. The van der Waals surface area contributed by atoms with Crippen LogP contribution in [0.5, 0.6) is 5.75 Å². The smallest absolute Gasteiger partial charge is 0.257 e. The van der Waals surface area contributed by atoms with Gasteiger partial charge in [-0.15, -0.1) is 0 Å². The zero-order chi connectivity index (χ0) is 19.6. The number of aromatic nitrogens is 2. The van der Waals surface area contributed by atoms with Crippen molar-refractivity contribution in [2.75, 3.05) is 26.2 Å². The number of rotatable bonds is 4. The van der Waals surface area contributed by atoms with Crippen LogP contribution < -0.4 is 0 Å². The lowest BCUT2D eigenvalue weighted by atomic mass is 9.73. The van der Waals surface area contributed by atoms with Gasteiger partial charge < -0.3 is 19.9 Å². The molecule has 1 aromatic heterocycles. The Labute approximate surface area is 164 Å². The van der Waals surface area contributed by atoms with E-state index in [9.17, 15) is 14.7 Å². The number of carbonyl (C=O) groups is 2. The van der Waals surface area contributed by atoms with Crippen molar-refractivity contribution in [2.45, 2.75) is 32.1 Å². The lowest BCUT2D eigenvalue weighted by Gasteiger charge is -2.48. The Bertz CT molecular complexity index is 851. The molecule has 0 saturated carbocycles. The molecule has 7 nitrogen and oxygen atoms in total. The molecule has 148 valence electrons. The van der Waals surface area contributed by atoms with E-state index in [1.807, 2.05) is 9.80 Å². The molecule has 2 aliphatic heterocycles. The summed E-state index contributed by atoms with van der Waals surface area (Å²) in [7, 11) is 0. The molecular weight excluding hydrogens is 356 g/mol. The van der Waals surface area contributed by atoms with Crippen LogP contribution in [-0.2, 0) is 11.2 Å². The van der Waals surface area contributed by atoms with Gasteiger partial charge in [0.2, 0.25) is 5.91 Å². The van der Waals surface area contributed by atoms with Crippen LogP contribution in [0.3, 0.4) is 0 Å². The van der Waals surface area contributed by atoms with Gasteiger partial charge in [-0.25, -0.2) is 4.98 Å². The minimum Gasteiger partial charge on any atom is -0.507 e. The zero-order valence-electron chi connectivity index (χ0n) is 15.9. The third-order valence-electron chi connectivity index (χ3n) is 6.04. The van der Waals surface area contributed by atoms with Crippen LogP contribution in [0.1, 0.15) is 41.7 Å². The third kappa shape index (κ3) is 3.74. The van der Waals surface area contributed by atoms with Crippen LogP contribution in [0.4, 0.5) is 0 Å². The highest BCUT2D eigenvalue weighted by molar-refractivity contribution is 5.96. The van der Waals surface area contributed by atoms with Gasteiger partial charge in [0.1, 0.15) is 5.75 Å². The number of phenolic OH excluding ortho intramolecular Hbond substituents is 1. The number of phenols is 1. The molecule has 2 amide bonds. The van der Waals surface area contributed by atoms with Crippen molar-refractivity contribution in [3.63, 3.8) is 0 Å². The highest BCUT2D eigenvalue weighted by Gasteiger charge is 2.42. The summed E-state index contributed by atoms with van der Waals surface area (Å²) in [6.07, 6.45) is 7.48. The highest BCUT2D eigenvalue weighted by atomic mass is 16.3. The van der Waals surface area contributed by atoms with E-state index in [-0.39, 0.29) is 23.0 Å². The number of piperidine rings is 2. The summed E-state index contributed by atoms with van der Waals surface area (Å²) in [5, 5.41) is 10.0. The van der Waals surface area contributed by atoms with E-state index < -0.39 is 0 Å². The Kier molecular flexibility index (Phi) is 5.07. The van der Waals surface area contributed by atoms with E-state index in [4.69, 9.17) is 0 Å². The first kappa shape index (κ1) is 18.5. The number of likely N-dealkylation sites (tertiary alicyclic amines) is 2. The molecule has 2 fully saturated rings. The number of para-hydroxylation sites is 1. The van der Waals surface area contributed by atoms with Crippen LogP contribution in [0.15, 0.2) is 36.8 Å². The molecule has 3 heterocycles. The molecule has 2 aliphatic rings. The number of benzene rings is 1. The first-order chi connectivity index (χ1) is 13.6. The number of nitrogens with zero attached hydrogens (tertiary/aromatic N) is 3. The lowest BCUT2D eigenvalue weighted by Crippen LogP contribution is -2.55. The topological polar surface area (TPSA) is 89.5 Å². The number of imidazole rings is 1. The van der Waals surface area contributed by atoms with E-state index >= 15 is 0 Å². The molecule has 1 atom stereocenters. The maximum absolute atomic E-state index is 12.9. The summed E-state index contributed by atoms with van der Waals surface area (Å²) in [5.74, 6) is 0.0829. The number of aromatic hydroxyl groups is 1. The summed E-state index contributed by atoms with van der Waals surface area (Å²) in [6, 6.07) is 6.70. The Morgan fingerprint density at radius 2 is 2.11 bits per heavy atom. The predicted octanol–water partition coefficient (Wildman–Crippen LogP) is 2.20. The molecule has 0 radical (unpaired) electrons. The largest absolute Gasteiger partial charge is 0.507 e. The third-order valence-corrected chi connectivity index (χ3v) is 6.04. The van der Waals surface area contributed by atoms with Crippen LogP contribution in [-0.4, -0.2) is 62.9 Å². The molecule has 2 N–H and O–H groups in total. The number of hydrogen-bond donors (Lipinski definition) is 2. The van der Waals surface area contributed by atoms with E-state index in [0.717, 1.165) is 31.4 Å². The lowest BCUT2D eigenvalue weighted by molar-refractivity contribution is -0.138. The maximum Gasteiger partial charge on any atom is 0.257 e. The van der Waals surface area contributed by atoms with E-state index in [2.05, 4.69) is 9.97 Å². The van der Waals surface area contributed by atoms with Crippen molar-refractivity contribution in [3.05, 3.63) is 48.0 Å². The summed E-state index contributed by atoms with van der Waals surface area (Å²) in [5.41, 5.74) is 1.31. The minimum atomic E-state index is -0.127. The molecule has 1 unspecified atom stereocenters. The van der Waals surface area contributed by atoms with Gasteiger partial charge in [-0.3, -0.25) is 9.59 Å². The average Bonchev–Trinajstić information content (AvgIpc) is 3.23. The van der Waals surface area contributed by atoms with Gasteiger partial charge in [0.15, 0.2) is 0 Å². The van der Waals surface area contributed by atoms with Crippen molar-refractivity contribution >= 4 is 11.8 Å². The fraction of sp³-hybridized carbons (Fsp3) is 0.476. The molecule has 1 aromatic carbocycles. The summed E-state index contributed by atoms with van der Waals surface area (Å²) in [6.45, 7) is 2.67. The molecule has 4 rings (SSSR count). The Hall–Kier alpha value is -2.83. The first-order valence-corrected chi connectivity index (χ1v) is 9.89. The average molecular weight is 382 g/mol. The summed E-state index contributed by atoms with van der Waals surface area (Å²) >= 11 is 0. The van der Waals surface area contributed by atoms with Crippen LogP contribution in [0.2, 0.25) is 0 Å². The van der Waals surface area contributed by atoms with E-state index in [0.29, 0.717) is 38.2 Å². The maximum atomic E-state index is 12.9. The number of nitrogens with one attached hydrogen (secondary N) is 1. The molecule has 7 heteroatoms. The number of carbonyl (C=O) groups excluding carboxylic acids is 2. The second kappa shape index (κ2) is 7.66. The fourth-order valence-corrected chi connectivity index (χ4v) is 4.52. The van der Waals surface area contributed by atoms with Crippen LogP contribution in [0.25, 0.3) is 0 Å². The van der Waals surface area contributed by atoms with Gasteiger partial charge in [0.25, 0.3) is 5.91 Å². The van der Waals surface area contributed by atoms with Gasteiger partial charge in [-0.1, -0.05) is 12.1 Å². The minimum absolute atomic E-state index is 0.0205. The molecule has 0 aliphatic carbocycles. The molecular formula is C21H26N4O3. The van der Waals surface area contributed by atoms with Crippen molar-refractivity contribution in [1.29, 1.82) is 0 Å². The van der Waals surface area contributed by atoms with Crippen LogP contribution in [0, 0.1) is 5.41 Å². The van der Waals surface area contributed by atoms with Crippen molar-refractivity contribution < 1.29 is 14.7 Å². The molecule has 0 bridgehead atoms. The second-order valence-corrected chi connectivity index (χ2v) is 7.99. The van der Waals surface area contributed by atoms with Gasteiger partial charge >= 0.3 is 0 Å². The molecule has 2 aromatic rings. The number of amides is 2. The van der Waals surface area contributed by atoms with Gasteiger partial charge in [0, 0.05) is 56.3 Å². The number of H-pyrrole nitrogens is 1. The summed E-state index contributed by atoms with van der Waals surface area (Å²) < 4.78 is 0. The standard InChI is InChI=1S/C21H26N4O3/c26-18-5-2-1-4-17(18)20(28)25-10-3-8-21(14-25)9-6-19(27)24(13-21)11-7-16-12-22-15-23-16/h1-2,4-5,12,15,26H,3,6-11,13-14H2,(H,22,23). The first-order valence-electron chi connectivity index (χ1n) is 9.89. The number of hydrogen-bond acceptors (Lipinski definition) is 4. The monoisotopic (exact) mass is 382 g/mol. The van der Waals surface area contributed by atoms with Crippen molar-refractivity contribution in [2.24, 2.45) is 5.41 Å². The SMILES string of the molecule is O=C1CCC2(CCCN(C(=O)c3ccccc3O)C2)CN1CCc1cnc[nH]1. The Morgan fingerprint density at radius 3 is 2.89 bits per heavy atom. The molecule has 1 spiro atoms. The van der Waals surface area contributed by atoms with E-state index in [1.165, 1.54) is 0 Å². The second-order valence-electron chi connectivity index (χ2n) is 7.99. The number of aromatic amines is 1. The quantitative estimate of drug-likeness (QED) is 0.848. The van der Waals surface area contributed by atoms with Crippen molar-refractivity contribution in [3.8, 4) is 5.75 Å². The predicted molar refractivity (Wildman–Crippen MR) is 104 cm³/mol. The Balaban J connectivity index is 1.45. The fourth-order valence-electron chi connectivity index (χ4n) is 4.52. The van der Waals surface area contributed by atoms with Gasteiger partial charge in [-0.2, -0.15) is 0 Å². The Morgan fingerprint density at radius 1 is 1.25 bits per heavy atom. The molecule has 2 saturated heterocycles. The normalized spacial score (nSPS) is 22.6.